The fourth-order valence-electron chi connectivity index (χ4n) is 4.48. The van der Waals surface area contributed by atoms with Crippen LogP contribution in [0.5, 0.6) is 0 Å². The fourth-order valence-corrected chi connectivity index (χ4v) is 6.32. The van der Waals surface area contributed by atoms with E-state index in [1.54, 1.807) is 24.3 Å². The number of nitrogens with one attached hydrogen (secondary N) is 1. The van der Waals surface area contributed by atoms with E-state index >= 15 is 0 Å². The number of ether oxygens (including phenoxy) is 1. The molecular weight excluding hydrogens is 396 g/mol. The molecule has 30 heavy (non-hydrogen) atoms. The van der Waals surface area contributed by atoms with Crippen molar-refractivity contribution in [3.63, 3.8) is 0 Å². The molecular formula is C24H30N2O3S. The first kappa shape index (κ1) is 21.1. The molecule has 1 unspecified atom stereocenters. The van der Waals surface area contributed by atoms with Crippen molar-refractivity contribution in [2.75, 3.05) is 14.1 Å². The van der Waals surface area contributed by atoms with Crippen molar-refractivity contribution in [2.45, 2.75) is 48.7 Å². The Morgan fingerprint density at radius 2 is 1.77 bits per heavy atom. The van der Waals surface area contributed by atoms with Gasteiger partial charge in [0.2, 0.25) is 9.84 Å². The van der Waals surface area contributed by atoms with E-state index in [0.717, 1.165) is 42.1 Å². The van der Waals surface area contributed by atoms with E-state index in [2.05, 4.69) is 30.0 Å². The minimum Gasteiger partial charge on any atom is -0.361 e. The average molecular weight is 427 g/mol. The summed E-state index contributed by atoms with van der Waals surface area (Å²) < 4.78 is 33.2. The number of rotatable bonds is 7. The highest BCUT2D eigenvalue weighted by Crippen LogP contribution is 2.35. The summed E-state index contributed by atoms with van der Waals surface area (Å²) in [5, 5.41) is 1.10. The Kier molecular flexibility index (Phi) is 6.27. The van der Waals surface area contributed by atoms with Crippen LogP contribution < -0.4 is 0 Å². The Balaban J connectivity index is 1.56. The molecule has 5 nitrogen and oxygen atoms in total. The van der Waals surface area contributed by atoms with Gasteiger partial charge in [0.1, 0.15) is 0 Å². The van der Waals surface area contributed by atoms with Crippen LogP contribution in [0.4, 0.5) is 0 Å². The van der Waals surface area contributed by atoms with Crippen LogP contribution in [0.15, 0.2) is 65.7 Å². The van der Waals surface area contributed by atoms with Gasteiger partial charge in [-0.15, -0.1) is 0 Å². The van der Waals surface area contributed by atoms with Crippen molar-refractivity contribution in [3.05, 3.63) is 66.4 Å². The molecule has 1 atom stereocenters. The van der Waals surface area contributed by atoms with E-state index in [-0.39, 0.29) is 12.5 Å². The van der Waals surface area contributed by atoms with Crippen LogP contribution in [0.3, 0.4) is 0 Å². The number of hydrogen-bond donors (Lipinski definition) is 1. The summed E-state index contributed by atoms with van der Waals surface area (Å²) in [5.74, 6) is 0.00222. The van der Waals surface area contributed by atoms with E-state index in [1.165, 1.54) is 0 Å². The van der Waals surface area contributed by atoms with Crippen molar-refractivity contribution in [1.82, 2.24) is 9.88 Å². The number of H-pyrrole nitrogens is 1. The highest BCUT2D eigenvalue weighted by Gasteiger charge is 2.38. The Hall–Kier alpha value is -2.15. The molecule has 0 bridgehead atoms. The molecule has 1 fully saturated rings. The maximum Gasteiger partial charge on any atom is 0.205 e. The zero-order valence-electron chi connectivity index (χ0n) is 17.6. The Morgan fingerprint density at radius 1 is 1.03 bits per heavy atom. The number of hydrogen-bond acceptors (Lipinski definition) is 4. The predicted molar refractivity (Wildman–Crippen MR) is 120 cm³/mol. The normalized spacial score (nSPS) is 21.2. The van der Waals surface area contributed by atoms with E-state index in [4.69, 9.17) is 4.74 Å². The topological polar surface area (TPSA) is 62.4 Å². The quantitative estimate of drug-likeness (QED) is 0.600. The van der Waals surface area contributed by atoms with Crippen LogP contribution in [-0.2, 0) is 21.2 Å². The maximum absolute atomic E-state index is 13.5. The predicted octanol–water partition coefficient (Wildman–Crippen LogP) is 4.60. The van der Waals surface area contributed by atoms with Gasteiger partial charge in [-0.05, 0) is 81.1 Å². The van der Waals surface area contributed by atoms with Gasteiger partial charge in [0.05, 0.1) is 11.5 Å². The van der Waals surface area contributed by atoms with Crippen molar-refractivity contribution in [3.8, 4) is 0 Å². The summed E-state index contributed by atoms with van der Waals surface area (Å²) in [6.45, 7) is 0.283. The third-order valence-electron chi connectivity index (χ3n) is 6.27. The Bertz CT molecular complexity index is 1070. The first-order chi connectivity index (χ1) is 14.4. The number of fused-ring (bicyclic) bond motifs is 1. The van der Waals surface area contributed by atoms with Gasteiger partial charge in [0.25, 0.3) is 0 Å². The van der Waals surface area contributed by atoms with Crippen LogP contribution in [0.2, 0.25) is 0 Å². The molecule has 0 saturated heterocycles. The molecule has 0 spiro atoms. The summed E-state index contributed by atoms with van der Waals surface area (Å²) in [6.07, 6.45) is 5.61. The van der Waals surface area contributed by atoms with Gasteiger partial charge in [-0.2, -0.15) is 0 Å². The minimum absolute atomic E-state index is 0.00222. The van der Waals surface area contributed by atoms with Gasteiger partial charge in [0.15, 0.2) is 5.44 Å². The molecule has 1 heterocycles. The lowest BCUT2D eigenvalue weighted by Crippen LogP contribution is -2.39. The summed E-state index contributed by atoms with van der Waals surface area (Å²) in [7, 11) is 0.606. The molecule has 0 aliphatic heterocycles. The lowest BCUT2D eigenvalue weighted by Gasteiger charge is -2.36. The Labute approximate surface area is 179 Å². The summed E-state index contributed by atoms with van der Waals surface area (Å²) in [6, 6.07) is 17.3. The second-order valence-electron chi connectivity index (χ2n) is 8.47. The molecule has 6 heteroatoms. The summed E-state index contributed by atoms with van der Waals surface area (Å²) in [4.78, 5) is 5.76. The number of aromatic amines is 1. The molecule has 1 aliphatic rings. The molecule has 1 saturated carbocycles. The average Bonchev–Trinajstić information content (AvgIpc) is 3.22. The first-order valence-corrected chi connectivity index (χ1v) is 12.1. The van der Waals surface area contributed by atoms with Crippen LogP contribution >= 0.6 is 0 Å². The lowest BCUT2D eigenvalue weighted by atomic mass is 9.86. The van der Waals surface area contributed by atoms with E-state index in [1.807, 2.05) is 30.5 Å². The zero-order valence-corrected chi connectivity index (χ0v) is 18.4. The van der Waals surface area contributed by atoms with Gasteiger partial charge < -0.3 is 14.6 Å². The molecule has 3 aromatic rings. The molecule has 2 aromatic carbocycles. The molecule has 1 aliphatic carbocycles. The van der Waals surface area contributed by atoms with E-state index in [9.17, 15) is 8.42 Å². The van der Waals surface area contributed by atoms with Gasteiger partial charge in [-0.1, -0.05) is 24.3 Å². The van der Waals surface area contributed by atoms with Crippen LogP contribution in [0, 0.1) is 5.92 Å². The monoisotopic (exact) mass is 426 g/mol. The fraction of sp³-hybridized carbons (Fsp3) is 0.417. The SMILES string of the molecule is CN(C)C1CCC(C(OCc2ccc3[nH]ccc3c2)S(=O)(=O)c2ccccc2)CC1. The standard InChI is InChI=1S/C24H30N2O3S/c1-26(2)21-11-9-19(10-12-21)24(30(27,28)22-6-4-3-5-7-22)29-17-18-8-13-23-20(16-18)14-15-25-23/h3-8,13-16,19,21,24-25H,9-12,17H2,1-2H3. The lowest BCUT2D eigenvalue weighted by molar-refractivity contribution is 0.0325. The largest absolute Gasteiger partial charge is 0.361 e. The molecule has 1 aromatic heterocycles. The zero-order chi connectivity index (χ0) is 21.1. The molecule has 0 radical (unpaired) electrons. The number of aromatic nitrogens is 1. The van der Waals surface area contributed by atoms with Crippen LogP contribution in [0.25, 0.3) is 10.9 Å². The summed E-state index contributed by atoms with van der Waals surface area (Å²) >= 11 is 0. The Morgan fingerprint density at radius 3 is 2.47 bits per heavy atom. The molecule has 160 valence electrons. The molecule has 1 N–H and O–H groups in total. The molecule has 0 amide bonds. The minimum atomic E-state index is -3.58. The van der Waals surface area contributed by atoms with Crippen molar-refractivity contribution in [1.29, 1.82) is 0 Å². The third kappa shape index (κ3) is 4.46. The summed E-state index contributed by atoms with van der Waals surface area (Å²) in [5.41, 5.74) is 1.22. The van der Waals surface area contributed by atoms with Crippen molar-refractivity contribution < 1.29 is 13.2 Å². The smallest absolute Gasteiger partial charge is 0.205 e. The van der Waals surface area contributed by atoms with Gasteiger partial charge in [0, 0.05) is 23.7 Å². The van der Waals surface area contributed by atoms with Crippen molar-refractivity contribution in [2.24, 2.45) is 5.92 Å². The molecule has 4 rings (SSSR count). The van der Waals surface area contributed by atoms with E-state index in [0.29, 0.717) is 10.9 Å². The van der Waals surface area contributed by atoms with E-state index < -0.39 is 15.3 Å². The number of nitrogens with zero attached hydrogens (tertiary/aromatic N) is 1. The highest BCUT2D eigenvalue weighted by molar-refractivity contribution is 7.92. The first-order valence-electron chi connectivity index (χ1n) is 10.6. The van der Waals surface area contributed by atoms with Gasteiger partial charge in [-0.25, -0.2) is 8.42 Å². The van der Waals surface area contributed by atoms with Gasteiger partial charge >= 0.3 is 0 Å². The van der Waals surface area contributed by atoms with Gasteiger partial charge in [-0.3, -0.25) is 0 Å². The maximum atomic E-state index is 13.5. The number of benzene rings is 2. The second-order valence-corrected chi connectivity index (χ2v) is 10.5. The highest BCUT2D eigenvalue weighted by atomic mass is 32.2. The van der Waals surface area contributed by atoms with Crippen LogP contribution in [0.1, 0.15) is 31.2 Å². The van der Waals surface area contributed by atoms with Crippen LogP contribution in [-0.4, -0.2) is 43.9 Å². The third-order valence-corrected chi connectivity index (χ3v) is 8.33. The second kappa shape index (κ2) is 8.92. The number of sulfone groups is 1. The van der Waals surface area contributed by atoms with Crippen molar-refractivity contribution >= 4 is 20.7 Å².